The monoisotopic (exact) mass is 342 g/mol. The molecule has 1 aromatic heterocycles. The van der Waals surface area contributed by atoms with Gasteiger partial charge in [0.15, 0.2) is 0 Å². The van der Waals surface area contributed by atoms with Crippen LogP contribution in [-0.2, 0) is 4.79 Å². The van der Waals surface area contributed by atoms with Gasteiger partial charge in [-0.15, -0.1) is 0 Å². The van der Waals surface area contributed by atoms with Crippen molar-refractivity contribution in [1.82, 2.24) is 10.3 Å². The zero-order chi connectivity index (χ0) is 15.1. The Balaban J connectivity index is 2.55. The maximum absolute atomic E-state index is 11.9. The molecule has 0 aliphatic carbocycles. The number of carbonyl (C=O) groups is 2. The van der Waals surface area contributed by atoms with Crippen molar-refractivity contribution in [3.05, 3.63) is 28.5 Å². The summed E-state index contributed by atoms with van der Waals surface area (Å²) in [6.45, 7) is 4.42. The molecule has 2 N–H and O–H groups in total. The first-order valence-electron chi connectivity index (χ1n) is 6.50. The number of hydrogen-bond donors (Lipinski definition) is 2. The van der Waals surface area contributed by atoms with Crippen LogP contribution in [0.25, 0.3) is 0 Å². The first kappa shape index (κ1) is 16.6. The van der Waals surface area contributed by atoms with Crippen LogP contribution in [0.2, 0.25) is 0 Å². The third kappa shape index (κ3) is 6.14. The maximum atomic E-state index is 11.9. The first-order valence-corrected chi connectivity index (χ1v) is 7.29. The molecule has 5 nitrogen and oxygen atoms in total. The molecule has 1 rings (SSSR count). The molecule has 0 fully saturated rings. The fourth-order valence-corrected chi connectivity index (χ4v) is 2.22. The van der Waals surface area contributed by atoms with E-state index in [0.717, 1.165) is 10.9 Å². The summed E-state index contributed by atoms with van der Waals surface area (Å²) in [5.41, 5.74) is 0.326. The van der Waals surface area contributed by atoms with Gasteiger partial charge in [0.25, 0.3) is 5.91 Å². The van der Waals surface area contributed by atoms with E-state index in [-0.39, 0.29) is 18.2 Å². The number of halogens is 1. The normalized spacial score (nSPS) is 12.2. The van der Waals surface area contributed by atoms with E-state index in [0.29, 0.717) is 18.2 Å². The van der Waals surface area contributed by atoms with E-state index in [9.17, 15) is 9.59 Å². The van der Waals surface area contributed by atoms with Crippen molar-refractivity contribution in [2.45, 2.75) is 26.7 Å². The van der Waals surface area contributed by atoms with E-state index in [1.165, 1.54) is 0 Å². The molecular formula is C14H19BrN2O3. The van der Waals surface area contributed by atoms with Crippen molar-refractivity contribution >= 4 is 27.8 Å². The minimum Gasteiger partial charge on any atom is -0.481 e. The molecule has 1 aromatic rings. The quantitative estimate of drug-likeness (QED) is 0.798. The van der Waals surface area contributed by atoms with Crippen molar-refractivity contribution in [2.75, 3.05) is 6.54 Å². The number of aliphatic carboxylic acids is 1. The third-order valence-corrected chi connectivity index (χ3v) is 3.25. The van der Waals surface area contributed by atoms with E-state index in [2.05, 4.69) is 26.2 Å². The fraction of sp³-hybridized carbons (Fsp3) is 0.500. The second-order valence-electron chi connectivity index (χ2n) is 5.17. The summed E-state index contributed by atoms with van der Waals surface area (Å²) < 4.78 is 0.803. The lowest BCUT2D eigenvalue weighted by molar-refractivity contribution is -0.138. The van der Waals surface area contributed by atoms with Crippen molar-refractivity contribution in [2.24, 2.45) is 11.8 Å². The lowest BCUT2D eigenvalue weighted by atomic mass is 9.94. The molecule has 0 aliphatic rings. The van der Waals surface area contributed by atoms with Gasteiger partial charge in [-0.25, -0.2) is 4.98 Å². The molecule has 0 spiro atoms. The zero-order valence-electron chi connectivity index (χ0n) is 11.6. The Morgan fingerprint density at radius 3 is 2.60 bits per heavy atom. The molecule has 6 heteroatoms. The molecular weight excluding hydrogens is 324 g/mol. The van der Waals surface area contributed by atoms with Gasteiger partial charge >= 0.3 is 5.97 Å². The Morgan fingerprint density at radius 1 is 1.40 bits per heavy atom. The highest BCUT2D eigenvalue weighted by atomic mass is 79.9. The van der Waals surface area contributed by atoms with Crippen LogP contribution in [0.3, 0.4) is 0 Å². The molecule has 1 heterocycles. The highest BCUT2D eigenvalue weighted by Gasteiger charge is 2.16. The standard InChI is InChI=1S/C14H19BrN2O3/c1-9(2)5-10(6-13(18)19)7-17-14(20)12-4-3-11(15)8-16-12/h3-4,8-10H,5-7H2,1-2H3,(H,17,20)(H,18,19). The largest absolute Gasteiger partial charge is 0.481 e. The van der Waals surface area contributed by atoms with Gasteiger partial charge in [0, 0.05) is 23.6 Å². The molecule has 0 aliphatic heterocycles. The van der Waals surface area contributed by atoms with Crippen LogP contribution in [0.4, 0.5) is 0 Å². The Hall–Kier alpha value is -1.43. The number of aromatic nitrogens is 1. The van der Waals surface area contributed by atoms with Gasteiger partial charge in [-0.05, 0) is 46.3 Å². The van der Waals surface area contributed by atoms with Crippen LogP contribution in [0.5, 0.6) is 0 Å². The molecule has 20 heavy (non-hydrogen) atoms. The fourth-order valence-electron chi connectivity index (χ4n) is 1.99. The molecule has 0 bridgehead atoms. The Morgan fingerprint density at radius 2 is 2.10 bits per heavy atom. The van der Waals surface area contributed by atoms with Gasteiger partial charge in [-0.2, -0.15) is 0 Å². The summed E-state index contributed by atoms with van der Waals surface area (Å²) in [7, 11) is 0. The summed E-state index contributed by atoms with van der Waals surface area (Å²) in [6, 6.07) is 3.36. The summed E-state index contributed by atoms with van der Waals surface area (Å²) in [4.78, 5) is 26.7. The van der Waals surface area contributed by atoms with Gasteiger partial charge < -0.3 is 10.4 Å². The Labute approximate surface area is 126 Å². The van der Waals surface area contributed by atoms with Gasteiger partial charge in [0.2, 0.25) is 0 Å². The Bertz CT molecular complexity index is 460. The number of amides is 1. The molecule has 110 valence electrons. The van der Waals surface area contributed by atoms with E-state index in [1.54, 1.807) is 18.3 Å². The number of carbonyl (C=O) groups excluding carboxylic acids is 1. The van der Waals surface area contributed by atoms with Crippen LogP contribution in [0.1, 0.15) is 37.2 Å². The molecule has 0 saturated carbocycles. The van der Waals surface area contributed by atoms with E-state index in [1.807, 2.05) is 13.8 Å². The SMILES string of the molecule is CC(C)CC(CNC(=O)c1ccc(Br)cn1)CC(=O)O. The van der Waals surface area contributed by atoms with Gasteiger partial charge in [0.1, 0.15) is 5.69 Å². The maximum Gasteiger partial charge on any atom is 0.303 e. The minimum absolute atomic E-state index is 0.0617. The van der Waals surface area contributed by atoms with Gasteiger partial charge in [-0.1, -0.05) is 13.8 Å². The Kier molecular flexibility index (Phi) is 6.64. The molecule has 1 amide bonds. The lowest BCUT2D eigenvalue weighted by Gasteiger charge is -2.17. The van der Waals surface area contributed by atoms with Crippen LogP contribution in [-0.4, -0.2) is 28.5 Å². The average molecular weight is 343 g/mol. The van der Waals surface area contributed by atoms with E-state index < -0.39 is 5.97 Å². The van der Waals surface area contributed by atoms with Crippen LogP contribution in [0.15, 0.2) is 22.8 Å². The number of hydrogen-bond acceptors (Lipinski definition) is 3. The smallest absolute Gasteiger partial charge is 0.303 e. The first-order chi connectivity index (χ1) is 9.38. The summed E-state index contributed by atoms with van der Waals surface area (Å²) >= 11 is 3.25. The van der Waals surface area contributed by atoms with Crippen LogP contribution < -0.4 is 5.32 Å². The van der Waals surface area contributed by atoms with Crippen LogP contribution >= 0.6 is 15.9 Å². The minimum atomic E-state index is -0.841. The topological polar surface area (TPSA) is 79.3 Å². The van der Waals surface area contributed by atoms with Gasteiger partial charge in [-0.3, -0.25) is 9.59 Å². The summed E-state index contributed by atoms with van der Waals surface area (Å²) in [6.07, 6.45) is 2.38. The zero-order valence-corrected chi connectivity index (χ0v) is 13.2. The molecule has 0 radical (unpaired) electrons. The molecule has 0 aromatic carbocycles. The highest BCUT2D eigenvalue weighted by molar-refractivity contribution is 9.10. The van der Waals surface area contributed by atoms with Gasteiger partial charge in [0.05, 0.1) is 0 Å². The van der Waals surface area contributed by atoms with Crippen molar-refractivity contribution in [1.29, 1.82) is 0 Å². The number of carboxylic acid groups (broad SMARTS) is 1. The van der Waals surface area contributed by atoms with Crippen LogP contribution in [0, 0.1) is 11.8 Å². The number of rotatable bonds is 7. The second-order valence-corrected chi connectivity index (χ2v) is 6.08. The second kappa shape index (κ2) is 7.99. The lowest BCUT2D eigenvalue weighted by Crippen LogP contribution is -2.31. The predicted octanol–water partition coefficient (Wildman–Crippen LogP) is 2.71. The molecule has 1 unspecified atom stereocenters. The van der Waals surface area contributed by atoms with Crippen molar-refractivity contribution in [3.8, 4) is 0 Å². The number of carboxylic acids is 1. The van der Waals surface area contributed by atoms with Crippen molar-refractivity contribution < 1.29 is 14.7 Å². The number of nitrogens with one attached hydrogen (secondary N) is 1. The van der Waals surface area contributed by atoms with Crippen molar-refractivity contribution in [3.63, 3.8) is 0 Å². The number of nitrogens with zero attached hydrogens (tertiary/aromatic N) is 1. The number of pyridine rings is 1. The predicted molar refractivity (Wildman–Crippen MR) is 79.5 cm³/mol. The van der Waals surface area contributed by atoms with E-state index in [4.69, 9.17) is 5.11 Å². The average Bonchev–Trinajstić information content (AvgIpc) is 2.35. The third-order valence-electron chi connectivity index (χ3n) is 2.78. The summed E-state index contributed by atoms with van der Waals surface area (Å²) in [5.74, 6) is -0.794. The molecule has 1 atom stereocenters. The van der Waals surface area contributed by atoms with E-state index >= 15 is 0 Å². The highest BCUT2D eigenvalue weighted by Crippen LogP contribution is 2.15. The molecule has 0 saturated heterocycles. The summed E-state index contributed by atoms with van der Waals surface area (Å²) in [5, 5.41) is 11.6.